The molecule has 0 aliphatic carbocycles. The zero-order valence-electron chi connectivity index (χ0n) is 16.6. The fraction of sp³-hybridized carbons (Fsp3) is 0.318. The number of hydrogen-bond donors (Lipinski definition) is 1. The molecule has 0 spiro atoms. The maximum Gasteiger partial charge on any atom is 0.262 e. The van der Waals surface area contributed by atoms with E-state index in [4.69, 9.17) is 9.26 Å². The molecule has 0 bridgehead atoms. The van der Waals surface area contributed by atoms with Crippen LogP contribution in [0.1, 0.15) is 50.9 Å². The normalized spacial score (nSPS) is 11.1. The second-order valence-corrected chi connectivity index (χ2v) is 7.22. The van der Waals surface area contributed by atoms with Crippen LogP contribution in [0.15, 0.2) is 53.1 Å². The van der Waals surface area contributed by atoms with Crippen molar-refractivity contribution in [2.24, 2.45) is 0 Å². The van der Waals surface area contributed by atoms with Gasteiger partial charge in [0.1, 0.15) is 5.75 Å². The van der Waals surface area contributed by atoms with Crippen LogP contribution in [0.25, 0.3) is 11.5 Å². The summed E-state index contributed by atoms with van der Waals surface area (Å²) in [5.74, 6) is 2.02. The standard InChI is InChI=1S/C22H25N3O3/c1-14(2)16-9-11-17(12-10-16)27-13-20(26)23-19-8-6-5-7-18(19)22-24-21(15(3)4)25-28-22/h5-12,14-15H,13H2,1-4H3,(H,23,26). The lowest BCUT2D eigenvalue weighted by molar-refractivity contribution is -0.118. The molecule has 6 nitrogen and oxygen atoms in total. The summed E-state index contributed by atoms with van der Waals surface area (Å²) in [7, 11) is 0. The first-order valence-electron chi connectivity index (χ1n) is 9.39. The Morgan fingerprint density at radius 2 is 1.75 bits per heavy atom. The van der Waals surface area contributed by atoms with E-state index in [1.165, 1.54) is 5.56 Å². The third kappa shape index (κ3) is 4.76. The van der Waals surface area contributed by atoms with Gasteiger partial charge in [0.25, 0.3) is 11.8 Å². The van der Waals surface area contributed by atoms with Gasteiger partial charge in [-0.15, -0.1) is 0 Å². The van der Waals surface area contributed by atoms with Crippen LogP contribution in [0.4, 0.5) is 5.69 Å². The Kier molecular flexibility index (Phi) is 6.09. The first-order chi connectivity index (χ1) is 13.4. The first-order valence-corrected chi connectivity index (χ1v) is 9.39. The van der Waals surface area contributed by atoms with E-state index >= 15 is 0 Å². The second-order valence-electron chi connectivity index (χ2n) is 7.22. The number of rotatable bonds is 7. The van der Waals surface area contributed by atoms with E-state index < -0.39 is 0 Å². The van der Waals surface area contributed by atoms with Crippen LogP contribution in [0.3, 0.4) is 0 Å². The lowest BCUT2D eigenvalue weighted by Crippen LogP contribution is -2.20. The fourth-order valence-corrected chi connectivity index (χ4v) is 2.64. The number of anilines is 1. The van der Waals surface area contributed by atoms with Crippen LogP contribution in [0, 0.1) is 0 Å². The van der Waals surface area contributed by atoms with Gasteiger partial charge >= 0.3 is 0 Å². The van der Waals surface area contributed by atoms with Gasteiger partial charge in [0.15, 0.2) is 12.4 Å². The Balaban J connectivity index is 1.65. The number of carbonyl (C=O) groups excluding carboxylic acids is 1. The quantitative estimate of drug-likeness (QED) is 0.625. The van der Waals surface area contributed by atoms with Gasteiger partial charge in [-0.25, -0.2) is 0 Å². The zero-order chi connectivity index (χ0) is 20.1. The lowest BCUT2D eigenvalue weighted by atomic mass is 10.0. The van der Waals surface area contributed by atoms with Crippen LogP contribution < -0.4 is 10.1 Å². The Hall–Kier alpha value is -3.15. The van der Waals surface area contributed by atoms with Crippen molar-refractivity contribution in [1.29, 1.82) is 0 Å². The van der Waals surface area contributed by atoms with E-state index in [1.54, 1.807) is 6.07 Å². The van der Waals surface area contributed by atoms with Gasteiger partial charge < -0.3 is 14.6 Å². The zero-order valence-corrected chi connectivity index (χ0v) is 16.6. The SMILES string of the molecule is CC(C)c1ccc(OCC(=O)Nc2ccccc2-c2nc(C(C)C)no2)cc1. The maximum absolute atomic E-state index is 12.4. The predicted molar refractivity (Wildman–Crippen MR) is 108 cm³/mol. The number of nitrogens with one attached hydrogen (secondary N) is 1. The van der Waals surface area contributed by atoms with E-state index in [1.807, 2.05) is 56.3 Å². The molecule has 0 radical (unpaired) electrons. The third-order valence-corrected chi connectivity index (χ3v) is 4.31. The van der Waals surface area contributed by atoms with Crippen LogP contribution in [0.5, 0.6) is 5.75 Å². The molecule has 0 atom stereocenters. The molecule has 0 unspecified atom stereocenters. The molecule has 28 heavy (non-hydrogen) atoms. The summed E-state index contributed by atoms with van der Waals surface area (Å²) in [5, 5.41) is 6.84. The van der Waals surface area contributed by atoms with Gasteiger partial charge in [0, 0.05) is 5.92 Å². The predicted octanol–water partition coefficient (Wildman–Crippen LogP) is 5.00. The summed E-state index contributed by atoms with van der Waals surface area (Å²) in [6, 6.07) is 15.1. The Labute approximate surface area is 164 Å². The topological polar surface area (TPSA) is 77.2 Å². The molecule has 0 aliphatic heterocycles. The summed E-state index contributed by atoms with van der Waals surface area (Å²) in [6.07, 6.45) is 0. The van der Waals surface area contributed by atoms with Gasteiger partial charge in [-0.1, -0.05) is 57.1 Å². The highest BCUT2D eigenvalue weighted by molar-refractivity contribution is 5.95. The number of nitrogens with zero attached hydrogens (tertiary/aromatic N) is 2. The molecule has 2 aromatic carbocycles. The number of amides is 1. The van der Waals surface area contributed by atoms with E-state index in [0.29, 0.717) is 34.6 Å². The summed E-state index contributed by atoms with van der Waals surface area (Å²) >= 11 is 0. The molecule has 3 aromatic rings. The second kappa shape index (κ2) is 8.69. The van der Waals surface area contributed by atoms with Crippen LogP contribution in [-0.2, 0) is 4.79 Å². The highest BCUT2D eigenvalue weighted by Crippen LogP contribution is 2.27. The number of carbonyl (C=O) groups is 1. The molecule has 1 N–H and O–H groups in total. The molecule has 1 aromatic heterocycles. The molecular weight excluding hydrogens is 354 g/mol. The average molecular weight is 379 g/mol. The molecule has 6 heteroatoms. The minimum atomic E-state index is -0.260. The van der Waals surface area contributed by atoms with Crippen LogP contribution in [0.2, 0.25) is 0 Å². The van der Waals surface area contributed by atoms with Crippen molar-refractivity contribution in [3.05, 3.63) is 59.9 Å². The van der Waals surface area contributed by atoms with Crippen molar-refractivity contribution in [1.82, 2.24) is 10.1 Å². The van der Waals surface area contributed by atoms with Crippen molar-refractivity contribution in [3.63, 3.8) is 0 Å². The lowest BCUT2D eigenvalue weighted by Gasteiger charge is -2.11. The van der Waals surface area contributed by atoms with E-state index in [9.17, 15) is 4.79 Å². The number of hydrogen-bond acceptors (Lipinski definition) is 5. The van der Waals surface area contributed by atoms with Crippen molar-refractivity contribution in [2.45, 2.75) is 39.5 Å². The molecule has 0 fully saturated rings. The van der Waals surface area contributed by atoms with Gasteiger partial charge in [-0.2, -0.15) is 4.98 Å². The van der Waals surface area contributed by atoms with Crippen molar-refractivity contribution < 1.29 is 14.1 Å². The van der Waals surface area contributed by atoms with Gasteiger partial charge in [-0.3, -0.25) is 4.79 Å². The molecule has 0 saturated heterocycles. The van der Waals surface area contributed by atoms with Gasteiger partial charge in [0.2, 0.25) is 0 Å². The Bertz CT molecular complexity index is 930. The summed E-state index contributed by atoms with van der Waals surface area (Å²) in [4.78, 5) is 16.8. The molecule has 3 rings (SSSR count). The van der Waals surface area contributed by atoms with Crippen LogP contribution >= 0.6 is 0 Å². The largest absolute Gasteiger partial charge is 0.484 e. The van der Waals surface area contributed by atoms with E-state index in [0.717, 1.165) is 0 Å². The molecular formula is C22H25N3O3. The summed E-state index contributed by atoms with van der Waals surface area (Å²) in [5.41, 5.74) is 2.51. The fourth-order valence-electron chi connectivity index (χ4n) is 2.64. The summed E-state index contributed by atoms with van der Waals surface area (Å²) in [6.45, 7) is 8.17. The van der Waals surface area contributed by atoms with Crippen molar-refractivity contribution in [2.75, 3.05) is 11.9 Å². The highest BCUT2D eigenvalue weighted by atomic mass is 16.5. The number of aromatic nitrogens is 2. The first kappa shape index (κ1) is 19.6. The minimum absolute atomic E-state index is 0.0869. The average Bonchev–Trinajstić information content (AvgIpc) is 3.17. The van der Waals surface area contributed by atoms with Gasteiger partial charge in [-0.05, 0) is 35.7 Å². The van der Waals surface area contributed by atoms with Crippen molar-refractivity contribution in [3.8, 4) is 17.2 Å². The molecule has 146 valence electrons. The van der Waals surface area contributed by atoms with Gasteiger partial charge in [0.05, 0.1) is 11.3 Å². The minimum Gasteiger partial charge on any atom is -0.484 e. The van der Waals surface area contributed by atoms with Crippen LogP contribution in [-0.4, -0.2) is 22.7 Å². The Morgan fingerprint density at radius 1 is 1.04 bits per heavy atom. The third-order valence-electron chi connectivity index (χ3n) is 4.31. The molecule has 0 aliphatic rings. The smallest absolute Gasteiger partial charge is 0.262 e. The highest BCUT2D eigenvalue weighted by Gasteiger charge is 2.16. The summed E-state index contributed by atoms with van der Waals surface area (Å²) < 4.78 is 10.9. The number of benzene rings is 2. The van der Waals surface area contributed by atoms with E-state index in [-0.39, 0.29) is 18.4 Å². The monoisotopic (exact) mass is 379 g/mol. The number of ether oxygens (including phenoxy) is 1. The van der Waals surface area contributed by atoms with Crippen molar-refractivity contribution >= 4 is 11.6 Å². The molecule has 1 amide bonds. The number of para-hydroxylation sites is 1. The molecule has 1 heterocycles. The Morgan fingerprint density at radius 3 is 2.39 bits per heavy atom. The molecule has 0 saturated carbocycles. The van der Waals surface area contributed by atoms with E-state index in [2.05, 4.69) is 29.3 Å². The maximum atomic E-state index is 12.4.